The fraction of sp³-hybridized carbons (Fsp3) is 0.714. The molecule has 20 heavy (non-hydrogen) atoms. The van der Waals surface area contributed by atoms with Crippen molar-refractivity contribution in [2.45, 2.75) is 45.1 Å². The maximum Gasteiger partial charge on any atom is 0.244 e. The van der Waals surface area contributed by atoms with Crippen molar-refractivity contribution >= 4 is 21.4 Å². The zero-order chi connectivity index (χ0) is 15.0. The Hall–Kier alpha value is -0.430. The van der Waals surface area contributed by atoms with E-state index < -0.39 is 10.0 Å². The summed E-state index contributed by atoms with van der Waals surface area (Å²) < 4.78 is 26.8. The molecule has 2 heterocycles. The zero-order valence-corrected chi connectivity index (χ0v) is 13.9. The summed E-state index contributed by atoms with van der Waals surface area (Å²) in [5.41, 5.74) is 0.231. The molecule has 0 saturated carbocycles. The highest BCUT2D eigenvalue weighted by molar-refractivity contribution is 7.89. The van der Waals surface area contributed by atoms with Crippen LogP contribution in [0.4, 0.5) is 0 Å². The van der Waals surface area contributed by atoms with Gasteiger partial charge in [-0.3, -0.25) is 0 Å². The second-order valence-corrected chi connectivity index (χ2v) is 9.32. The summed E-state index contributed by atoms with van der Waals surface area (Å²) in [5.74, 6) is 0.564. The third-order valence-corrected chi connectivity index (χ3v) is 7.16. The normalized spacial score (nSPS) is 19.4. The molecule has 0 bridgehead atoms. The van der Waals surface area contributed by atoms with Crippen LogP contribution in [0, 0.1) is 11.3 Å². The summed E-state index contributed by atoms with van der Waals surface area (Å²) in [5, 5.41) is 11.0. The Morgan fingerprint density at radius 3 is 2.45 bits per heavy atom. The minimum Gasteiger partial charge on any atom is -0.391 e. The van der Waals surface area contributed by atoms with Gasteiger partial charge in [-0.05, 0) is 35.6 Å². The Kier molecular flexibility index (Phi) is 4.59. The molecular weight excluding hydrogens is 294 g/mol. The second-order valence-electron chi connectivity index (χ2n) is 6.41. The zero-order valence-electron chi connectivity index (χ0n) is 12.3. The van der Waals surface area contributed by atoms with E-state index in [4.69, 9.17) is 0 Å². The van der Waals surface area contributed by atoms with Crippen LogP contribution in [0.1, 0.15) is 38.5 Å². The molecule has 4 nitrogen and oxygen atoms in total. The fourth-order valence-electron chi connectivity index (χ4n) is 2.78. The van der Waals surface area contributed by atoms with Crippen molar-refractivity contribution in [2.75, 3.05) is 13.1 Å². The molecular formula is C14H23NO3S2. The lowest BCUT2D eigenvalue weighted by Gasteiger charge is -2.38. The van der Waals surface area contributed by atoms with Crippen LogP contribution < -0.4 is 0 Å². The van der Waals surface area contributed by atoms with Gasteiger partial charge >= 0.3 is 0 Å². The van der Waals surface area contributed by atoms with Crippen molar-refractivity contribution in [1.82, 2.24) is 4.31 Å². The maximum absolute atomic E-state index is 12.6. The van der Waals surface area contributed by atoms with Crippen molar-refractivity contribution in [3.63, 3.8) is 0 Å². The average Bonchev–Trinajstić information content (AvgIpc) is 2.87. The van der Waals surface area contributed by atoms with E-state index in [1.165, 1.54) is 11.3 Å². The molecule has 1 saturated heterocycles. The number of sulfonamides is 1. The van der Waals surface area contributed by atoms with E-state index in [2.05, 4.69) is 20.8 Å². The standard InChI is InChI=1S/C14H23NO3S2/c1-14(2,3)11-4-7-15(8-5-11)20(17,18)13-6-9-19-12(13)10-16/h6,9,11,16H,4-5,7-8,10H2,1-3H3. The molecule has 1 fully saturated rings. The first-order valence-corrected chi connectivity index (χ1v) is 9.26. The number of rotatable bonds is 3. The number of nitrogens with zero attached hydrogens (tertiary/aromatic N) is 1. The van der Waals surface area contributed by atoms with Crippen LogP contribution >= 0.6 is 11.3 Å². The molecule has 0 radical (unpaired) electrons. The lowest BCUT2D eigenvalue weighted by molar-refractivity contribution is 0.154. The summed E-state index contributed by atoms with van der Waals surface area (Å²) in [6.07, 6.45) is 1.81. The van der Waals surface area contributed by atoms with Crippen molar-refractivity contribution in [3.05, 3.63) is 16.3 Å². The predicted molar refractivity (Wildman–Crippen MR) is 81.2 cm³/mol. The van der Waals surface area contributed by atoms with Crippen molar-refractivity contribution in [3.8, 4) is 0 Å². The molecule has 1 aromatic heterocycles. The molecule has 1 aromatic rings. The lowest BCUT2D eigenvalue weighted by atomic mass is 9.76. The quantitative estimate of drug-likeness (QED) is 0.932. The summed E-state index contributed by atoms with van der Waals surface area (Å²) >= 11 is 1.29. The van der Waals surface area contributed by atoms with Crippen molar-refractivity contribution in [1.29, 1.82) is 0 Å². The molecule has 1 aliphatic rings. The minimum atomic E-state index is -3.45. The van der Waals surface area contributed by atoms with Crippen LogP contribution in [-0.4, -0.2) is 30.9 Å². The molecule has 2 rings (SSSR count). The van der Waals surface area contributed by atoms with E-state index in [0.29, 0.717) is 23.9 Å². The van der Waals surface area contributed by atoms with Crippen LogP contribution in [0.15, 0.2) is 16.3 Å². The lowest BCUT2D eigenvalue weighted by Crippen LogP contribution is -2.41. The smallest absolute Gasteiger partial charge is 0.244 e. The van der Waals surface area contributed by atoms with Gasteiger partial charge in [-0.15, -0.1) is 11.3 Å². The van der Waals surface area contributed by atoms with Gasteiger partial charge in [0.2, 0.25) is 10.0 Å². The number of aliphatic hydroxyl groups excluding tert-OH is 1. The Morgan fingerprint density at radius 1 is 1.35 bits per heavy atom. The van der Waals surface area contributed by atoms with E-state index in [1.807, 2.05) is 0 Å². The van der Waals surface area contributed by atoms with Gasteiger partial charge < -0.3 is 5.11 Å². The summed E-state index contributed by atoms with van der Waals surface area (Å²) in [6, 6.07) is 1.60. The molecule has 0 aliphatic carbocycles. The molecule has 0 spiro atoms. The van der Waals surface area contributed by atoms with Gasteiger partial charge in [-0.1, -0.05) is 20.8 Å². The summed E-state index contributed by atoms with van der Waals surface area (Å²) in [7, 11) is -3.45. The highest BCUT2D eigenvalue weighted by atomic mass is 32.2. The molecule has 1 aliphatic heterocycles. The largest absolute Gasteiger partial charge is 0.391 e. The molecule has 114 valence electrons. The van der Waals surface area contributed by atoms with Crippen LogP contribution in [0.5, 0.6) is 0 Å². The van der Waals surface area contributed by atoms with Gasteiger partial charge in [0, 0.05) is 18.0 Å². The average molecular weight is 317 g/mol. The molecule has 0 atom stereocenters. The van der Waals surface area contributed by atoms with E-state index in [9.17, 15) is 13.5 Å². The highest BCUT2D eigenvalue weighted by Gasteiger charge is 2.34. The molecule has 0 aromatic carbocycles. The van der Waals surface area contributed by atoms with E-state index in [0.717, 1.165) is 12.8 Å². The Bertz CT molecular complexity index is 549. The van der Waals surface area contributed by atoms with Gasteiger partial charge in [0.15, 0.2) is 0 Å². The highest BCUT2D eigenvalue weighted by Crippen LogP contribution is 2.36. The van der Waals surface area contributed by atoms with Gasteiger partial charge in [0.25, 0.3) is 0 Å². The van der Waals surface area contributed by atoms with E-state index >= 15 is 0 Å². The van der Waals surface area contributed by atoms with E-state index in [1.54, 1.807) is 15.8 Å². The number of thiophene rings is 1. The topological polar surface area (TPSA) is 57.6 Å². The monoisotopic (exact) mass is 317 g/mol. The second kappa shape index (κ2) is 5.75. The minimum absolute atomic E-state index is 0.218. The number of piperidine rings is 1. The number of hydrogen-bond acceptors (Lipinski definition) is 4. The van der Waals surface area contributed by atoms with Crippen molar-refractivity contribution < 1.29 is 13.5 Å². The first-order valence-electron chi connectivity index (χ1n) is 6.94. The Labute approximate surface area is 125 Å². The molecule has 1 N–H and O–H groups in total. The van der Waals surface area contributed by atoms with Crippen molar-refractivity contribution in [2.24, 2.45) is 11.3 Å². The Morgan fingerprint density at radius 2 is 1.95 bits per heavy atom. The number of aliphatic hydroxyl groups is 1. The Balaban J connectivity index is 2.14. The SMILES string of the molecule is CC(C)(C)C1CCN(S(=O)(=O)c2ccsc2CO)CC1. The van der Waals surface area contributed by atoms with Crippen LogP contribution in [0.2, 0.25) is 0 Å². The predicted octanol–water partition coefficient (Wildman–Crippen LogP) is 2.69. The fourth-order valence-corrected chi connectivity index (χ4v) is 5.51. The maximum atomic E-state index is 12.6. The first-order chi connectivity index (χ1) is 9.26. The molecule has 0 amide bonds. The molecule has 0 unspecified atom stereocenters. The van der Waals surface area contributed by atoms with Gasteiger partial charge in [0.1, 0.15) is 0 Å². The van der Waals surface area contributed by atoms with Gasteiger partial charge in [0.05, 0.1) is 11.5 Å². The summed E-state index contributed by atoms with van der Waals surface area (Å²) in [6.45, 7) is 7.57. The van der Waals surface area contributed by atoms with Crippen LogP contribution in [0.3, 0.4) is 0 Å². The third kappa shape index (κ3) is 3.08. The van der Waals surface area contributed by atoms with Crippen LogP contribution in [0.25, 0.3) is 0 Å². The summed E-state index contributed by atoms with van der Waals surface area (Å²) in [4.78, 5) is 0.808. The third-order valence-electron chi connectivity index (χ3n) is 4.14. The number of hydrogen-bond donors (Lipinski definition) is 1. The van der Waals surface area contributed by atoms with Gasteiger partial charge in [-0.25, -0.2) is 8.42 Å². The van der Waals surface area contributed by atoms with E-state index in [-0.39, 0.29) is 16.9 Å². The van der Waals surface area contributed by atoms with Gasteiger partial charge in [-0.2, -0.15) is 4.31 Å². The first kappa shape index (κ1) is 15.9. The van der Waals surface area contributed by atoms with Crippen LogP contribution in [-0.2, 0) is 16.6 Å². The molecule has 6 heteroatoms.